The van der Waals surface area contributed by atoms with E-state index in [1.807, 2.05) is 54.6 Å². The Morgan fingerprint density at radius 2 is 1.78 bits per heavy atom. The summed E-state index contributed by atoms with van der Waals surface area (Å²) < 4.78 is 5.77. The lowest BCUT2D eigenvalue weighted by molar-refractivity contribution is -0.131. The lowest BCUT2D eigenvalue weighted by atomic mass is 9.97. The van der Waals surface area contributed by atoms with Crippen molar-refractivity contribution < 1.29 is 14.6 Å². The van der Waals surface area contributed by atoms with Gasteiger partial charge in [-0.2, -0.15) is 0 Å². The Labute approximate surface area is 137 Å². The van der Waals surface area contributed by atoms with Crippen LogP contribution >= 0.6 is 0 Å². The minimum absolute atomic E-state index is 0.678. The summed E-state index contributed by atoms with van der Waals surface area (Å²) in [5.41, 5.74) is 2.39. The van der Waals surface area contributed by atoms with Crippen molar-refractivity contribution >= 4 is 11.5 Å². The fraction of sp³-hybridized carbons (Fsp3) is 0.250. The van der Waals surface area contributed by atoms with Gasteiger partial charge in [-0.05, 0) is 35.3 Å². The third kappa shape index (κ3) is 5.29. The third-order valence-electron chi connectivity index (χ3n) is 3.51. The van der Waals surface area contributed by atoms with E-state index in [1.165, 1.54) is 6.08 Å². The molecule has 1 N–H and O–H groups in total. The second-order valence-corrected chi connectivity index (χ2v) is 5.35. The Bertz CT molecular complexity index is 660. The van der Waals surface area contributed by atoms with E-state index < -0.39 is 5.97 Å². The zero-order valence-electron chi connectivity index (χ0n) is 13.4. The lowest BCUT2D eigenvalue weighted by Gasteiger charge is -2.11. The minimum atomic E-state index is -0.960. The molecule has 120 valence electrons. The van der Waals surface area contributed by atoms with Crippen LogP contribution in [0.5, 0.6) is 5.75 Å². The van der Waals surface area contributed by atoms with E-state index in [0.29, 0.717) is 12.2 Å². The maximum absolute atomic E-state index is 11.2. The average molecular weight is 310 g/mol. The van der Waals surface area contributed by atoms with Crippen molar-refractivity contribution in [1.82, 2.24) is 0 Å². The van der Waals surface area contributed by atoms with Crippen LogP contribution in [0.4, 0.5) is 0 Å². The topological polar surface area (TPSA) is 46.5 Å². The molecule has 0 atom stereocenters. The molecular weight excluding hydrogens is 288 g/mol. The molecule has 0 saturated heterocycles. The van der Waals surface area contributed by atoms with Crippen LogP contribution in [-0.4, -0.2) is 17.7 Å². The van der Waals surface area contributed by atoms with Gasteiger partial charge in [0.15, 0.2) is 0 Å². The monoisotopic (exact) mass is 310 g/mol. The highest BCUT2D eigenvalue weighted by atomic mass is 16.5. The van der Waals surface area contributed by atoms with Gasteiger partial charge in [0.25, 0.3) is 0 Å². The number of hydrogen-bond donors (Lipinski definition) is 1. The second-order valence-electron chi connectivity index (χ2n) is 5.35. The number of benzene rings is 2. The number of rotatable bonds is 8. The summed E-state index contributed by atoms with van der Waals surface area (Å²) in [5.74, 6) is -0.191. The molecule has 2 aromatic rings. The molecule has 0 bridgehead atoms. The summed E-state index contributed by atoms with van der Waals surface area (Å²) in [5, 5.41) is 9.17. The Morgan fingerprint density at radius 3 is 2.48 bits per heavy atom. The highest BCUT2D eigenvalue weighted by Gasteiger charge is 2.08. The molecule has 0 amide bonds. The van der Waals surface area contributed by atoms with Crippen molar-refractivity contribution in [1.29, 1.82) is 0 Å². The van der Waals surface area contributed by atoms with Gasteiger partial charge in [-0.15, -0.1) is 0 Å². The van der Waals surface area contributed by atoms with Gasteiger partial charge in [-0.3, -0.25) is 0 Å². The van der Waals surface area contributed by atoms with Gasteiger partial charge in [0.05, 0.1) is 6.61 Å². The fourth-order valence-corrected chi connectivity index (χ4v) is 2.37. The van der Waals surface area contributed by atoms with Crippen LogP contribution in [-0.2, 0) is 4.79 Å². The summed E-state index contributed by atoms with van der Waals surface area (Å²) in [7, 11) is 0. The first kappa shape index (κ1) is 16.8. The Morgan fingerprint density at radius 1 is 1.04 bits per heavy atom. The molecule has 0 aliphatic heterocycles. The standard InChI is InChI=1S/C20H22O3/c1-2-3-7-13-23-18-12-8-11-17(14-18)19(15-20(21)22)16-9-5-4-6-10-16/h4-6,8-12,14-15H,2-3,7,13H2,1H3,(H,21,22). The largest absolute Gasteiger partial charge is 0.494 e. The van der Waals surface area contributed by atoms with E-state index in [4.69, 9.17) is 9.84 Å². The third-order valence-corrected chi connectivity index (χ3v) is 3.51. The molecule has 0 heterocycles. The van der Waals surface area contributed by atoms with Gasteiger partial charge < -0.3 is 9.84 Å². The van der Waals surface area contributed by atoms with Crippen LogP contribution in [0.2, 0.25) is 0 Å². The molecule has 0 aromatic heterocycles. The molecule has 2 rings (SSSR count). The molecule has 0 fully saturated rings. The minimum Gasteiger partial charge on any atom is -0.494 e. The van der Waals surface area contributed by atoms with Crippen molar-refractivity contribution in [2.45, 2.75) is 26.2 Å². The normalized spacial score (nSPS) is 11.3. The van der Waals surface area contributed by atoms with E-state index in [-0.39, 0.29) is 0 Å². The molecule has 0 saturated carbocycles. The summed E-state index contributed by atoms with van der Waals surface area (Å²) in [6.07, 6.45) is 4.57. The van der Waals surface area contributed by atoms with Crippen molar-refractivity contribution in [3.05, 3.63) is 71.8 Å². The molecule has 0 unspecified atom stereocenters. The number of carboxylic acids is 1. The molecule has 3 heteroatoms. The molecule has 0 radical (unpaired) electrons. The zero-order chi connectivity index (χ0) is 16.5. The summed E-state index contributed by atoms with van der Waals surface area (Å²) in [4.78, 5) is 11.2. The van der Waals surface area contributed by atoms with Crippen LogP contribution in [0.25, 0.3) is 5.57 Å². The molecule has 0 aliphatic rings. The predicted molar refractivity (Wildman–Crippen MR) is 92.6 cm³/mol. The summed E-state index contributed by atoms with van der Waals surface area (Å²) >= 11 is 0. The number of hydrogen-bond acceptors (Lipinski definition) is 2. The molecule has 0 aliphatic carbocycles. The van der Waals surface area contributed by atoms with Crippen LogP contribution in [0, 0.1) is 0 Å². The predicted octanol–water partition coefficient (Wildman–Crippen LogP) is 4.77. The van der Waals surface area contributed by atoms with E-state index >= 15 is 0 Å². The molecule has 3 nitrogen and oxygen atoms in total. The molecule has 2 aromatic carbocycles. The zero-order valence-corrected chi connectivity index (χ0v) is 13.4. The van der Waals surface area contributed by atoms with Crippen LogP contribution in [0.1, 0.15) is 37.3 Å². The van der Waals surface area contributed by atoms with Crippen LogP contribution < -0.4 is 4.74 Å². The highest BCUT2D eigenvalue weighted by Crippen LogP contribution is 2.26. The molecular formula is C20H22O3. The maximum atomic E-state index is 11.2. The van der Waals surface area contributed by atoms with Gasteiger partial charge in [-0.1, -0.05) is 62.2 Å². The van der Waals surface area contributed by atoms with Gasteiger partial charge >= 0.3 is 5.97 Å². The Kier molecular flexibility index (Phi) is 6.42. The SMILES string of the molecule is CCCCCOc1cccc(C(=CC(=O)O)c2ccccc2)c1. The van der Waals surface area contributed by atoms with E-state index in [0.717, 1.165) is 36.1 Å². The van der Waals surface area contributed by atoms with Crippen LogP contribution in [0.15, 0.2) is 60.7 Å². The van der Waals surface area contributed by atoms with Crippen LogP contribution in [0.3, 0.4) is 0 Å². The van der Waals surface area contributed by atoms with E-state index in [9.17, 15) is 4.79 Å². The van der Waals surface area contributed by atoms with Gasteiger partial charge in [-0.25, -0.2) is 4.79 Å². The highest BCUT2D eigenvalue weighted by molar-refractivity contribution is 5.95. The lowest BCUT2D eigenvalue weighted by Crippen LogP contribution is -1.99. The summed E-state index contributed by atoms with van der Waals surface area (Å²) in [6, 6.07) is 17.1. The van der Waals surface area contributed by atoms with Gasteiger partial charge in [0, 0.05) is 6.08 Å². The number of ether oxygens (including phenoxy) is 1. The first-order chi connectivity index (χ1) is 11.2. The Balaban J connectivity index is 2.24. The van der Waals surface area contributed by atoms with Gasteiger partial charge in [0.1, 0.15) is 5.75 Å². The van der Waals surface area contributed by atoms with Crippen molar-refractivity contribution in [3.8, 4) is 5.75 Å². The fourth-order valence-electron chi connectivity index (χ4n) is 2.37. The van der Waals surface area contributed by atoms with Gasteiger partial charge in [0.2, 0.25) is 0 Å². The molecule has 0 spiro atoms. The Hall–Kier alpha value is -2.55. The smallest absolute Gasteiger partial charge is 0.328 e. The molecule has 23 heavy (non-hydrogen) atoms. The maximum Gasteiger partial charge on any atom is 0.328 e. The number of unbranched alkanes of at least 4 members (excludes halogenated alkanes) is 2. The first-order valence-electron chi connectivity index (χ1n) is 7.94. The quantitative estimate of drug-likeness (QED) is 0.564. The van der Waals surface area contributed by atoms with E-state index in [2.05, 4.69) is 6.92 Å². The van der Waals surface area contributed by atoms with E-state index in [1.54, 1.807) is 0 Å². The van der Waals surface area contributed by atoms with Crippen molar-refractivity contribution in [3.63, 3.8) is 0 Å². The first-order valence-corrected chi connectivity index (χ1v) is 7.94. The number of carboxylic acid groups (broad SMARTS) is 1. The summed E-state index contributed by atoms with van der Waals surface area (Å²) in [6.45, 7) is 2.84. The van der Waals surface area contributed by atoms with Crippen molar-refractivity contribution in [2.75, 3.05) is 6.61 Å². The number of carbonyl (C=O) groups is 1. The average Bonchev–Trinajstić information content (AvgIpc) is 2.57. The second kappa shape index (κ2) is 8.79. The van der Waals surface area contributed by atoms with Crippen molar-refractivity contribution in [2.24, 2.45) is 0 Å². The number of aliphatic carboxylic acids is 1.